The summed E-state index contributed by atoms with van der Waals surface area (Å²) in [5.41, 5.74) is 0.966. The van der Waals surface area contributed by atoms with E-state index in [-0.39, 0.29) is 0 Å². The molecule has 0 aromatic carbocycles. The lowest BCUT2D eigenvalue weighted by Gasteiger charge is -1.98. The van der Waals surface area contributed by atoms with E-state index in [4.69, 9.17) is 11.6 Å². The van der Waals surface area contributed by atoms with Gasteiger partial charge < -0.3 is 0 Å². The third kappa shape index (κ3) is 2.51. The van der Waals surface area contributed by atoms with Gasteiger partial charge in [-0.2, -0.15) is 0 Å². The summed E-state index contributed by atoms with van der Waals surface area (Å²) in [5, 5.41) is 0.515. The van der Waals surface area contributed by atoms with Crippen LogP contribution in [0.5, 0.6) is 0 Å². The number of carbonyl (C=O) groups is 1. The highest BCUT2D eigenvalue weighted by molar-refractivity contribution is 6.32. The van der Waals surface area contributed by atoms with Gasteiger partial charge in [0.15, 0.2) is 0 Å². The lowest BCUT2D eigenvalue weighted by Crippen LogP contribution is -1.81. The summed E-state index contributed by atoms with van der Waals surface area (Å²) in [6.07, 6.45) is 12.5. The fourth-order valence-electron chi connectivity index (χ4n) is 0.921. The van der Waals surface area contributed by atoms with Gasteiger partial charge in [0.1, 0.15) is 6.29 Å². The Hall–Kier alpha value is -1.08. The van der Waals surface area contributed by atoms with Crippen LogP contribution in [0.25, 0.3) is 0 Å². The Kier molecular flexibility index (Phi) is 3.55. The zero-order valence-corrected chi connectivity index (χ0v) is 7.29. The molecule has 0 saturated carbocycles. The molecule has 1 nitrogen and oxygen atoms in total. The molecule has 0 fully saturated rings. The van der Waals surface area contributed by atoms with Crippen LogP contribution in [0.2, 0.25) is 0 Å². The smallest absolute Gasteiger partial charge is 0.144 e. The highest BCUT2D eigenvalue weighted by Crippen LogP contribution is 2.19. The van der Waals surface area contributed by atoms with Crippen molar-refractivity contribution in [3.63, 3.8) is 0 Å². The summed E-state index contributed by atoms with van der Waals surface area (Å²) in [7, 11) is 0. The largest absolute Gasteiger partial charge is 0.299 e. The summed E-state index contributed by atoms with van der Waals surface area (Å²) in [5.74, 6) is 0. The molecule has 1 rings (SSSR count). The van der Waals surface area contributed by atoms with Crippen molar-refractivity contribution in [1.82, 2.24) is 0 Å². The van der Waals surface area contributed by atoms with Crippen molar-refractivity contribution >= 4 is 17.9 Å². The molecule has 1 aliphatic rings. The molecule has 0 aromatic heterocycles. The van der Waals surface area contributed by atoms with E-state index < -0.39 is 0 Å². The van der Waals surface area contributed by atoms with Gasteiger partial charge in [0.25, 0.3) is 0 Å². The molecule has 1 aliphatic carbocycles. The molecule has 0 unspecified atom stereocenters. The number of hydrogen-bond acceptors (Lipinski definition) is 1. The Labute approximate surface area is 76.7 Å². The molecule has 0 radical (unpaired) electrons. The van der Waals surface area contributed by atoms with Crippen LogP contribution in [0.3, 0.4) is 0 Å². The normalized spacial score (nSPS) is 17.1. The number of carbonyl (C=O) groups excluding carboxylic acids is 1. The second-order valence-corrected chi connectivity index (χ2v) is 2.77. The van der Waals surface area contributed by atoms with Crippen molar-refractivity contribution in [1.29, 1.82) is 0 Å². The van der Waals surface area contributed by atoms with Crippen molar-refractivity contribution in [3.8, 4) is 0 Å². The van der Waals surface area contributed by atoms with Crippen LogP contribution < -0.4 is 0 Å². The van der Waals surface area contributed by atoms with Gasteiger partial charge >= 0.3 is 0 Å². The van der Waals surface area contributed by atoms with Gasteiger partial charge in [0.2, 0.25) is 0 Å². The topological polar surface area (TPSA) is 17.1 Å². The SMILES string of the molecule is O=C/C=C(\Cl)C1=CC=CC=CC1. The predicted molar refractivity (Wildman–Crippen MR) is 51.0 cm³/mol. The number of allylic oxidation sites excluding steroid dienone is 8. The summed E-state index contributed by atoms with van der Waals surface area (Å²) in [6.45, 7) is 0. The predicted octanol–water partition coefficient (Wildman–Crippen LogP) is 2.75. The molecule has 0 bridgehead atoms. The van der Waals surface area contributed by atoms with Gasteiger partial charge in [0, 0.05) is 5.03 Å². The van der Waals surface area contributed by atoms with Crippen LogP contribution >= 0.6 is 11.6 Å². The molecule has 0 heterocycles. The van der Waals surface area contributed by atoms with Crippen molar-refractivity contribution in [3.05, 3.63) is 47.1 Å². The lowest BCUT2D eigenvalue weighted by molar-refractivity contribution is -0.104. The number of aldehydes is 1. The van der Waals surface area contributed by atoms with E-state index in [1.54, 1.807) is 0 Å². The Morgan fingerprint density at radius 1 is 1.42 bits per heavy atom. The standard InChI is InChI=1S/C10H9ClO/c11-10(7-8-12)9-5-3-1-2-4-6-9/h1-5,7-8H,6H2/b10-7-. The highest BCUT2D eigenvalue weighted by Gasteiger charge is 1.99. The van der Waals surface area contributed by atoms with E-state index in [9.17, 15) is 4.79 Å². The molecule has 0 N–H and O–H groups in total. The first-order chi connectivity index (χ1) is 5.84. The van der Waals surface area contributed by atoms with Gasteiger partial charge in [0.05, 0.1) is 0 Å². The van der Waals surface area contributed by atoms with Crippen molar-refractivity contribution in [2.45, 2.75) is 6.42 Å². The quantitative estimate of drug-likeness (QED) is 0.472. The molecular weight excluding hydrogens is 172 g/mol. The van der Waals surface area contributed by atoms with Crippen LogP contribution in [-0.4, -0.2) is 6.29 Å². The Morgan fingerprint density at radius 2 is 2.25 bits per heavy atom. The van der Waals surface area contributed by atoms with E-state index in [0.717, 1.165) is 12.0 Å². The van der Waals surface area contributed by atoms with E-state index in [0.29, 0.717) is 11.3 Å². The molecule has 0 atom stereocenters. The van der Waals surface area contributed by atoms with Crippen LogP contribution in [0, 0.1) is 0 Å². The average Bonchev–Trinajstić information content (AvgIpc) is 2.32. The molecule has 0 spiro atoms. The van der Waals surface area contributed by atoms with Crippen LogP contribution in [0.4, 0.5) is 0 Å². The van der Waals surface area contributed by atoms with Gasteiger partial charge in [-0.1, -0.05) is 42.0 Å². The second-order valence-electron chi connectivity index (χ2n) is 2.36. The molecule has 0 aliphatic heterocycles. The Balaban J connectivity index is 2.81. The summed E-state index contributed by atoms with van der Waals surface area (Å²) < 4.78 is 0. The summed E-state index contributed by atoms with van der Waals surface area (Å²) in [4.78, 5) is 10.1. The minimum absolute atomic E-state index is 0.515. The third-order valence-corrected chi connectivity index (χ3v) is 1.88. The van der Waals surface area contributed by atoms with Crippen molar-refractivity contribution in [2.75, 3.05) is 0 Å². The van der Waals surface area contributed by atoms with Crippen molar-refractivity contribution < 1.29 is 4.79 Å². The maximum absolute atomic E-state index is 10.1. The van der Waals surface area contributed by atoms with Crippen LogP contribution in [-0.2, 0) is 4.79 Å². The monoisotopic (exact) mass is 180 g/mol. The molecule has 0 saturated heterocycles. The van der Waals surface area contributed by atoms with Gasteiger partial charge in [-0.3, -0.25) is 4.79 Å². The Bertz CT molecular complexity index is 282. The van der Waals surface area contributed by atoms with Gasteiger partial charge in [-0.15, -0.1) is 0 Å². The molecular formula is C10H9ClO. The number of hydrogen-bond donors (Lipinski definition) is 0. The first-order valence-corrected chi connectivity index (χ1v) is 4.06. The summed E-state index contributed by atoms with van der Waals surface area (Å²) >= 11 is 5.83. The fourth-order valence-corrected chi connectivity index (χ4v) is 1.11. The minimum Gasteiger partial charge on any atom is -0.299 e. The third-order valence-electron chi connectivity index (χ3n) is 1.51. The number of rotatable bonds is 2. The molecule has 62 valence electrons. The van der Waals surface area contributed by atoms with Gasteiger partial charge in [-0.05, 0) is 18.1 Å². The average molecular weight is 181 g/mol. The molecule has 0 aromatic rings. The summed E-state index contributed by atoms with van der Waals surface area (Å²) in [6, 6.07) is 0. The fraction of sp³-hybridized carbons (Fsp3) is 0.100. The maximum Gasteiger partial charge on any atom is 0.144 e. The molecule has 12 heavy (non-hydrogen) atoms. The van der Waals surface area contributed by atoms with E-state index in [2.05, 4.69) is 0 Å². The van der Waals surface area contributed by atoms with Crippen LogP contribution in [0.1, 0.15) is 6.42 Å². The second kappa shape index (κ2) is 4.73. The van der Waals surface area contributed by atoms with E-state index in [1.165, 1.54) is 6.08 Å². The lowest BCUT2D eigenvalue weighted by atomic mass is 10.1. The van der Waals surface area contributed by atoms with Crippen LogP contribution in [0.15, 0.2) is 47.1 Å². The Morgan fingerprint density at radius 3 is 3.00 bits per heavy atom. The molecule has 2 heteroatoms. The first kappa shape index (κ1) is 9.01. The molecule has 0 amide bonds. The minimum atomic E-state index is 0.515. The zero-order chi connectivity index (χ0) is 8.81. The maximum atomic E-state index is 10.1. The van der Waals surface area contributed by atoms with Crippen molar-refractivity contribution in [2.24, 2.45) is 0 Å². The zero-order valence-electron chi connectivity index (χ0n) is 6.53. The number of halogens is 1. The van der Waals surface area contributed by atoms with E-state index >= 15 is 0 Å². The first-order valence-electron chi connectivity index (χ1n) is 3.68. The van der Waals surface area contributed by atoms with Gasteiger partial charge in [-0.25, -0.2) is 0 Å². The highest BCUT2D eigenvalue weighted by atomic mass is 35.5. The van der Waals surface area contributed by atoms with E-state index in [1.807, 2.05) is 30.4 Å².